The third-order valence-corrected chi connectivity index (χ3v) is 4.35. The number of anilines is 1. The highest BCUT2D eigenvalue weighted by Crippen LogP contribution is 2.27. The first kappa shape index (κ1) is 20.5. The quantitative estimate of drug-likeness (QED) is 0.707. The van der Waals surface area contributed by atoms with Gasteiger partial charge in [0.2, 0.25) is 0 Å². The molecule has 5 nitrogen and oxygen atoms in total. The zero-order chi connectivity index (χ0) is 19.8. The summed E-state index contributed by atoms with van der Waals surface area (Å²) in [5.74, 6) is 0.272. The van der Waals surface area contributed by atoms with Crippen molar-refractivity contribution in [2.75, 3.05) is 19.0 Å². The second kappa shape index (κ2) is 9.76. The third kappa shape index (κ3) is 5.84. The van der Waals surface area contributed by atoms with E-state index in [1.807, 2.05) is 49.4 Å². The van der Waals surface area contributed by atoms with Crippen LogP contribution >= 0.6 is 0 Å². The molecule has 0 aliphatic carbocycles. The van der Waals surface area contributed by atoms with Crippen LogP contribution in [0.1, 0.15) is 42.9 Å². The van der Waals surface area contributed by atoms with Gasteiger partial charge in [-0.25, -0.2) is 0 Å². The summed E-state index contributed by atoms with van der Waals surface area (Å²) in [5.41, 5.74) is 3.77. The Balaban J connectivity index is 1.86. The van der Waals surface area contributed by atoms with E-state index in [0.717, 1.165) is 28.1 Å². The summed E-state index contributed by atoms with van der Waals surface area (Å²) in [6.07, 6.45) is 0.690. The summed E-state index contributed by atoms with van der Waals surface area (Å²) in [6, 6.07) is 13.4. The standard InChI is InChI=1S/C22H27NO4/c1-15(2)18-10-7-8-16(3)22(18)23-20(24)14-27-21(25)13-12-17-9-5-6-11-19(17)26-4/h5-11,15H,12-14H2,1-4H3,(H,23,24). The molecule has 0 aliphatic heterocycles. The van der Waals surface area contributed by atoms with Gasteiger partial charge in [-0.15, -0.1) is 0 Å². The molecule has 5 heteroatoms. The van der Waals surface area contributed by atoms with Crippen LogP contribution in [0.15, 0.2) is 42.5 Å². The SMILES string of the molecule is COc1ccccc1CCC(=O)OCC(=O)Nc1c(C)cccc1C(C)C. The lowest BCUT2D eigenvalue weighted by atomic mass is 9.98. The molecule has 2 rings (SSSR count). The Morgan fingerprint density at radius 1 is 1.07 bits per heavy atom. The number of hydrogen-bond acceptors (Lipinski definition) is 4. The molecule has 2 aromatic carbocycles. The molecule has 2 aromatic rings. The van der Waals surface area contributed by atoms with Crippen molar-refractivity contribution in [2.24, 2.45) is 0 Å². The van der Waals surface area contributed by atoms with Crippen LogP contribution in [-0.2, 0) is 20.7 Å². The Morgan fingerprint density at radius 3 is 2.52 bits per heavy atom. The number of nitrogens with one attached hydrogen (secondary N) is 1. The zero-order valence-corrected chi connectivity index (χ0v) is 16.4. The second-order valence-corrected chi connectivity index (χ2v) is 6.71. The lowest BCUT2D eigenvalue weighted by Gasteiger charge is -2.16. The molecule has 27 heavy (non-hydrogen) atoms. The number of carbonyl (C=O) groups excluding carboxylic acids is 2. The predicted molar refractivity (Wildman–Crippen MR) is 106 cm³/mol. The van der Waals surface area contributed by atoms with Crippen molar-refractivity contribution in [1.82, 2.24) is 0 Å². The van der Waals surface area contributed by atoms with Gasteiger partial charge in [0.1, 0.15) is 5.75 Å². The summed E-state index contributed by atoms with van der Waals surface area (Å²) in [6.45, 7) is 5.79. The normalized spacial score (nSPS) is 10.6. The Morgan fingerprint density at radius 2 is 1.81 bits per heavy atom. The molecule has 0 aliphatic rings. The number of benzene rings is 2. The average molecular weight is 369 g/mol. The molecule has 0 radical (unpaired) electrons. The van der Waals surface area contributed by atoms with Crippen LogP contribution in [-0.4, -0.2) is 25.6 Å². The van der Waals surface area contributed by atoms with Crippen LogP contribution in [0.2, 0.25) is 0 Å². The van der Waals surface area contributed by atoms with Crippen LogP contribution in [0, 0.1) is 6.92 Å². The molecule has 1 amide bonds. The Labute approximate surface area is 160 Å². The van der Waals surface area contributed by atoms with Crippen molar-refractivity contribution >= 4 is 17.6 Å². The summed E-state index contributed by atoms with van der Waals surface area (Å²) >= 11 is 0. The Bertz CT molecular complexity index is 799. The first-order valence-electron chi connectivity index (χ1n) is 9.09. The van der Waals surface area contributed by atoms with Gasteiger partial charge in [-0.05, 0) is 42.0 Å². The molecule has 0 fully saturated rings. The number of amides is 1. The van der Waals surface area contributed by atoms with Gasteiger partial charge >= 0.3 is 5.97 Å². The van der Waals surface area contributed by atoms with E-state index in [2.05, 4.69) is 19.2 Å². The Kier molecular flexibility index (Phi) is 7.41. The summed E-state index contributed by atoms with van der Waals surface area (Å²) in [4.78, 5) is 24.2. The number of carbonyl (C=O) groups is 2. The fourth-order valence-corrected chi connectivity index (χ4v) is 2.88. The van der Waals surface area contributed by atoms with Crippen LogP contribution < -0.4 is 10.1 Å². The first-order chi connectivity index (χ1) is 12.9. The van der Waals surface area contributed by atoms with Crippen molar-refractivity contribution in [3.8, 4) is 5.75 Å². The van der Waals surface area contributed by atoms with Gasteiger partial charge in [0.05, 0.1) is 7.11 Å². The van der Waals surface area contributed by atoms with E-state index in [4.69, 9.17) is 9.47 Å². The fourth-order valence-electron chi connectivity index (χ4n) is 2.88. The van der Waals surface area contributed by atoms with Gasteiger partial charge in [0.25, 0.3) is 5.91 Å². The van der Waals surface area contributed by atoms with Gasteiger partial charge in [0.15, 0.2) is 6.61 Å². The van der Waals surface area contributed by atoms with E-state index in [1.54, 1.807) is 7.11 Å². The van der Waals surface area contributed by atoms with E-state index in [9.17, 15) is 9.59 Å². The van der Waals surface area contributed by atoms with E-state index in [1.165, 1.54) is 0 Å². The molecular weight excluding hydrogens is 342 g/mol. The fraction of sp³-hybridized carbons (Fsp3) is 0.364. The Hall–Kier alpha value is -2.82. The molecule has 0 atom stereocenters. The van der Waals surface area contributed by atoms with Crippen molar-refractivity contribution < 1.29 is 19.1 Å². The highest BCUT2D eigenvalue weighted by atomic mass is 16.5. The van der Waals surface area contributed by atoms with E-state index >= 15 is 0 Å². The van der Waals surface area contributed by atoms with E-state index < -0.39 is 5.97 Å². The highest BCUT2D eigenvalue weighted by Gasteiger charge is 2.14. The number of rotatable bonds is 8. The maximum atomic E-state index is 12.2. The lowest BCUT2D eigenvalue weighted by molar-refractivity contribution is -0.147. The molecule has 1 N–H and O–H groups in total. The summed E-state index contributed by atoms with van der Waals surface area (Å²) in [5, 5.41) is 2.87. The molecule has 0 bridgehead atoms. The molecule has 0 heterocycles. The monoisotopic (exact) mass is 369 g/mol. The molecule has 144 valence electrons. The minimum atomic E-state index is -0.412. The van der Waals surface area contributed by atoms with Gasteiger partial charge < -0.3 is 14.8 Å². The van der Waals surface area contributed by atoms with Crippen LogP contribution in [0.5, 0.6) is 5.75 Å². The molecule has 0 saturated heterocycles. The van der Waals surface area contributed by atoms with Gasteiger partial charge in [0, 0.05) is 12.1 Å². The maximum absolute atomic E-state index is 12.2. The van der Waals surface area contributed by atoms with Crippen LogP contribution in [0.3, 0.4) is 0 Å². The molecule has 0 unspecified atom stereocenters. The van der Waals surface area contributed by atoms with Crippen molar-refractivity contribution in [3.63, 3.8) is 0 Å². The number of para-hydroxylation sites is 2. The molecule has 0 saturated carbocycles. The van der Waals surface area contributed by atoms with Crippen molar-refractivity contribution in [1.29, 1.82) is 0 Å². The first-order valence-corrected chi connectivity index (χ1v) is 9.09. The number of aryl methyl sites for hydroxylation is 2. The third-order valence-electron chi connectivity index (χ3n) is 4.35. The van der Waals surface area contributed by atoms with Crippen LogP contribution in [0.4, 0.5) is 5.69 Å². The lowest BCUT2D eigenvalue weighted by Crippen LogP contribution is -2.22. The minimum absolute atomic E-state index is 0.190. The molecule has 0 spiro atoms. The summed E-state index contributed by atoms with van der Waals surface area (Å²) < 4.78 is 10.4. The second-order valence-electron chi connectivity index (χ2n) is 6.71. The summed E-state index contributed by atoms with van der Waals surface area (Å²) in [7, 11) is 1.60. The zero-order valence-electron chi connectivity index (χ0n) is 16.4. The van der Waals surface area contributed by atoms with Gasteiger partial charge in [-0.1, -0.05) is 50.2 Å². The van der Waals surface area contributed by atoms with Gasteiger partial charge in [-0.2, -0.15) is 0 Å². The number of hydrogen-bond donors (Lipinski definition) is 1. The van der Waals surface area contributed by atoms with Crippen molar-refractivity contribution in [2.45, 2.75) is 39.5 Å². The number of methoxy groups -OCH3 is 1. The highest BCUT2D eigenvalue weighted by molar-refractivity contribution is 5.94. The largest absolute Gasteiger partial charge is 0.496 e. The van der Waals surface area contributed by atoms with Crippen LogP contribution in [0.25, 0.3) is 0 Å². The van der Waals surface area contributed by atoms with Crippen molar-refractivity contribution in [3.05, 3.63) is 59.2 Å². The number of esters is 1. The maximum Gasteiger partial charge on any atom is 0.306 e. The number of ether oxygens (including phenoxy) is 2. The van der Waals surface area contributed by atoms with Gasteiger partial charge in [-0.3, -0.25) is 9.59 Å². The minimum Gasteiger partial charge on any atom is -0.496 e. The molecule has 0 aromatic heterocycles. The molecular formula is C22H27NO4. The smallest absolute Gasteiger partial charge is 0.306 e. The predicted octanol–water partition coefficient (Wildman–Crippen LogP) is 4.24. The van der Waals surface area contributed by atoms with E-state index in [0.29, 0.717) is 6.42 Å². The average Bonchev–Trinajstić information content (AvgIpc) is 2.66. The van der Waals surface area contributed by atoms with E-state index in [-0.39, 0.29) is 24.9 Å². The topological polar surface area (TPSA) is 64.6 Å².